The van der Waals surface area contributed by atoms with Crippen LogP contribution in [-0.2, 0) is 14.4 Å². The second kappa shape index (κ2) is 9.64. The summed E-state index contributed by atoms with van der Waals surface area (Å²) in [5, 5.41) is 16.9. The molecular formula is C28H32ClN3O4S. The zero-order valence-corrected chi connectivity index (χ0v) is 22.7. The molecule has 0 radical (unpaired) electrons. The van der Waals surface area contributed by atoms with E-state index in [1.807, 2.05) is 51.1 Å². The van der Waals surface area contributed by atoms with E-state index in [1.54, 1.807) is 40.9 Å². The van der Waals surface area contributed by atoms with Gasteiger partial charge < -0.3 is 20.6 Å². The first-order valence-electron chi connectivity index (χ1n) is 12.7. The van der Waals surface area contributed by atoms with Gasteiger partial charge in [-0.3, -0.25) is 14.4 Å². The molecule has 3 fully saturated rings. The van der Waals surface area contributed by atoms with Crippen LogP contribution in [-0.4, -0.2) is 55.9 Å². The van der Waals surface area contributed by atoms with Gasteiger partial charge in [-0.25, -0.2) is 0 Å². The van der Waals surface area contributed by atoms with Gasteiger partial charge >= 0.3 is 0 Å². The van der Waals surface area contributed by atoms with Gasteiger partial charge in [0.25, 0.3) is 0 Å². The molecular weight excluding hydrogens is 510 g/mol. The van der Waals surface area contributed by atoms with Crippen molar-refractivity contribution in [2.24, 2.45) is 17.8 Å². The highest BCUT2D eigenvalue weighted by atomic mass is 35.5. The van der Waals surface area contributed by atoms with Crippen LogP contribution in [0.1, 0.15) is 33.6 Å². The van der Waals surface area contributed by atoms with Crippen molar-refractivity contribution in [3.8, 4) is 0 Å². The molecule has 5 rings (SSSR count). The van der Waals surface area contributed by atoms with Crippen LogP contribution in [0.3, 0.4) is 0 Å². The summed E-state index contributed by atoms with van der Waals surface area (Å²) >= 11 is 7.63. The molecule has 2 aromatic rings. The van der Waals surface area contributed by atoms with Crippen molar-refractivity contribution >= 4 is 52.5 Å². The van der Waals surface area contributed by atoms with Crippen LogP contribution in [0.25, 0.3) is 0 Å². The van der Waals surface area contributed by atoms with Crippen LogP contribution in [0.2, 0.25) is 5.02 Å². The summed E-state index contributed by atoms with van der Waals surface area (Å²) in [6.45, 7) is 5.64. The van der Waals surface area contributed by atoms with Gasteiger partial charge in [-0.15, -0.1) is 11.8 Å². The number of nitrogens with zero attached hydrogens (tertiary/aromatic N) is 1. The Morgan fingerprint density at radius 1 is 1.05 bits per heavy atom. The number of aliphatic hydroxyl groups is 1. The van der Waals surface area contributed by atoms with Crippen LogP contribution >= 0.6 is 23.4 Å². The number of anilines is 2. The quantitative estimate of drug-likeness (QED) is 0.482. The van der Waals surface area contributed by atoms with E-state index in [4.69, 9.17) is 11.6 Å². The van der Waals surface area contributed by atoms with Gasteiger partial charge in [0.1, 0.15) is 6.04 Å². The highest BCUT2D eigenvalue weighted by molar-refractivity contribution is 8.02. The van der Waals surface area contributed by atoms with E-state index >= 15 is 0 Å². The average molecular weight is 542 g/mol. The lowest BCUT2D eigenvalue weighted by Gasteiger charge is -2.38. The maximum absolute atomic E-state index is 14.2. The zero-order valence-electron chi connectivity index (χ0n) is 21.1. The molecule has 2 bridgehead atoms. The fourth-order valence-electron chi connectivity index (χ4n) is 6.53. The maximum atomic E-state index is 14.2. The number of fused-ring (bicyclic) bond motifs is 1. The van der Waals surface area contributed by atoms with Gasteiger partial charge in [-0.1, -0.05) is 43.6 Å². The first-order valence-corrected chi connectivity index (χ1v) is 13.9. The molecule has 3 heterocycles. The van der Waals surface area contributed by atoms with Crippen molar-refractivity contribution in [2.75, 3.05) is 17.2 Å². The number of nitrogens with one attached hydrogen (secondary N) is 2. The highest BCUT2D eigenvalue weighted by Crippen LogP contribution is 2.71. The highest BCUT2D eigenvalue weighted by Gasteiger charge is 2.77. The summed E-state index contributed by atoms with van der Waals surface area (Å²) < 4.78 is -1.24. The molecule has 37 heavy (non-hydrogen) atoms. The van der Waals surface area contributed by atoms with E-state index in [-0.39, 0.29) is 30.2 Å². The Hall–Kier alpha value is -2.55. The second-order valence-corrected chi connectivity index (χ2v) is 13.2. The molecule has 2 aromatic carbocycles. The molecule has 0 saturated carbocycles. The molecule has 3 N–H and O–H groups in total. The smallest absolute Gasteiger partial charge is 0.248 e. The Balaban J connectivity index is 1.54. The van der Waals surface area contributed by atoms with Crippen molar-refractivity contribution in [1.29, 1.82) is 0 Å². The van der Waals surface area contributed by atoms with Gasteiger partial charge in [0.15, 0.2) is 0 Å². The third kappa shape index (κ3) is 4.23. The predicted molar refractivity (Wildman–Crippen MR) is 146 cm³/mol. The van der Waals surface area contributed by atoms with Crippen LogP contribution in [0.4, 0.5) is 11.4 Å². The van der Waals surface area contributed by atoms with Crippen molar-refractivity contribution in [2.45, 2.75) is 55.2 Å². The van der Waals surface area contributed by atoms with Crippen LogP contribution < -0.4 is 10.6 Å². The lowest BCUT2D eigenvalue weighted by molar-refractivity contribution is -0.142. The first-order chi connectivity index (χ1) is 17.6. The predicted octanol–water partition coefficient (Wildman–Crippen LogP) is 4.42. The summed E-state index contributed by atoms with van der Waals surface area (Å²) in [5.74, 6) is -2.07. The molecule has 9 heteroatoms. The molecule has 2 unspecified atom stereocenters. The number of hydrogen-bond donors (Lipinski definition) is 3. The molecule has 1 spiro atoms. The van der Waals surface area contributed by atoms with E-state index in [0.29, 0.717) is 22.8 Å². The van der Waals surface area contributed by atoms with Crippen molar-refractivity contribution in [3.63, 3.8) is 0 Å². The minimum atomic E-state index is -0.818. The summed E-state index contributed by atoms with van der Waals surface area (Å²) in [7, 11) is 0. The summed E-state index contributed by atoms with van der Waals surface area (Å²) in [6.07, 6.45) is 1.36. The summed E-state index contributed by atoms with van der Waals surface area (Å²) in [5.41, 5.74) is 1.25. The van der Waals surface area contributed by atoms with E-state index < -0.39 is 33.4 Å². The van der Waals surface area contributed by atoms with Gasteiger partial charge in [-0.05, 0) is 62.1 Å². The minimum Gasteiger partial charge on any atom is -0.394 e. The summed E-state index contributed by atoms with van der Waals surface area (Å²) in [4.78, 5) is 43.5. The largest absolute Gasteiger partial charge is 0.394 e. The molecule has 7 nitrogen and oxygen atoms in total. The average Bonchev–Trinajstić information content (AvgIpc) is 3.42. The van der Waals surface area contributed by atoms with E-state index in [0.717, 1.165) is 6.42 Å². The molecule has 3 saturated heterocycles. The number of para-hydroxylation sites is 1. The third-order valence-electron chi connectivity index (χ3n) is 8.21. The Morgan fingerprint density at radius 3 is 2.30 bits per heavy atom. The number of carbonyl (C=O) groups excluding carboxylic acids is 3. The number of hydrogen-bond acceptors (Lipinski definition) is 5. The third-order valence-corrected chi connectivity index (χ3v) is 10.5. The number of thioether (sulfide) groups is 1. The summed E-state index contributed by atoms with van der Waals surface area (Å²) in [6, 6.07) is 14.7. The standard InChI is InChI=1S/C28H32ClN3O4S/c1-16(2)20(15-33)32-23(25(35)31-19-11-9-17(29)10-12-19)28-14-13-27(3,37-28)21(22(28)26(32)36)24(34)30-18-7-5-4-6-8-18/h4-12,16,20-23,33H,13-15H2,1-3H3,(H,30,34)(H,31,35)/t20-,21+,22-,23?,27-,28?/m0/s1. The molecule has 3 aliphatic heterocycles. The molecule has 3 aliphatic rings. The topological polar surface area (TPSA) is 98.7 Å². The number of amides is 3. The molecule has 0 aromatic heterocycles. The van der Waals surface area contributed by atoms with Gasteiger partial charge in [0, 0.05) is 21.1 Å². The second-order valence-electron chi connectivity index (χ2n) is 10.8. The Kier molecular flexibility index (Phi) is 6.79. The van der Waals surface area contributed by atoms with Crippen LogP contribution in [0.15, 0.2) is 54.6 Å². The minimum absolute atomic E-state index is 0.0793. The molecule has 0 aliphatic carbocycles. The van der Waals surface area contributed by atoms with Crippen LogP contribution in [0, 0.1) is 17.8 Å². The van der Waals surface area contributed by atoms with E-state index in [9.17, 15) is 19.5 Å². The molecule has 3 amide bonds. The Morgan fingerprint density at radius 2 is 1.68 bits per heavy atom. The number of carbonyl (C=O) groups is 3. The van der Waals surface area contributed by atoms with Gasteiger partial charge in [0.05, 0.1) is 29.2 Å². The number of likely N-dealkylation sites (tertiary alicyclic amines) is 1. The van der Waals surface area contributed by atoms with Crippen molar-refractivity contribution < 1.29 is 19.5 Å². The monoisotopic (exact) mass is 541 g/mol. The molecule has 6 atom stereocenters. The normalized spacial score (nSPS) is 30.9. The SMILES string of the molecule is CC(C)[C@H](CO)N1C(=O)[C@@H]2[C@H](C(=O)Nc3ccccc3)[C@]3(C)CCC2(S3)C1C(=O)Nc1ccc(Cl)cc1. The van der Waals surface area contributed by atoms with Crippen LogP contribution in [0.5, 0.6) is 0 Å². The number of halogens is 1. The lowest BCUT2D eigenvalue weighted by atomic mass is 9.66. The van der Waals surface area contributed by atoms with E-state index in [1.165, 1.54) is 0 Å². The maximum Gasteiger partial charge on any atom is 0.248 e. The fraction of sp³-hybridized carbons (Fsp3) is 0.464. The van der Waals surface area contributed by atoms with Gasteiger partial charge in [-0.2, -0.15) is 0 Å². The Bertz CT molecular complexity index is 1210. The van der Waals surface area contributed by atoms with Crippen molar-refractivity contribution in [3.05, 3.63) is 59.6 Å². The Labute approximate surface area is 226 Å². The number of aliphatic hydroxyl groups excluding tert-OH is 1. The first kappa shape index (κ1) is 26.1. The van der Waals surface area contributed by atoms with E-state index in [2.05, 4.69) is 10.6 Å². The van der Waals surface area contributed by atoms with Gasteiger partial charge in [0.2, 0.25) is 17.7 Å². The number of benzene rings is 2. The number of rotatable bonds is 7. The molecule has 196 valence electrons. The lowest BCUT2D eigenvalue weighted by Crippen LogP contribution is -2.56. The zero-order chi connectivity index (χ0) is 26.5. The van der Waals surface area contributed by atoms with Crippen molar-refractivity contribution in [1.82, 2.24) is 4.90 Å². The fourth-order valence-corrected chi connectivity index (χ4v) is 9.00.